The zero-order valence-corrected chi connectivity index (χ0v) is 15.4. The van der Waals surface area contributed by atoms with Crippen molar-refractivity contribution in [2.45, 2.75) is 19.1 Å². The lowest BCUT2D eigenvalue weighted by Gasteiger charge is -2.37. The van der Waals surface area contributed by atoms with Crippen molar-refractivity contribution in [1.29, 1.82) is 0 Å². The summed E-state index contributed by atoms with van der Waals surface area (Å²) in [4.78, 5) is 1.42. The summed E-state index contributed by atoms with van der Waals surface area (Å²) in [5.74, 6) is 0.412. The van der Waals surface area contributed by atoms with Crippen LogP contribution in [-0.4, -0.2) is 51.5 Å². The van der Waals surface area contributed by atoms with E-state index in [1.54, 1.807) is 19.1 Å². The van der Waals surface area contributed by atoms with Gasteiger partial charge in [-0.1, -0.05) is 0 Å². The molecule has 1 N–H and O–H groups in total. The molecule has 0 aliphatic carbocycles. The van der Waals surface area contributed by atoms with Crippen LogP contribution in [0.2, 0.25) is 0 Å². The number of ether oxygens (including phenoxy) is 2. The Bertz CT molecular complexity index is 499. The standard InChI is InChI=1S/C15H21F3N2O2.2ClH/c1-10-8-11(21-2)13(12(9-10)22-3)14(15(16,17)18)20-6-4-19-5-7-20;;/h8-9,14,19H,4-7H2,1-3H3;2*1H/t14-;;/m1../s1. The van der Waals surface area contributed by atoms with Crippen molar-refractivity contribution in [3.8, 4) is 11.5 Å². The van der Waals surface area contributed by atoms with Crippen LogP contribution >= 0.6 is 24.8 Å². The maximum atomic E-state index is 13.8. The lowest BCUT2D eigenvalue weighted by Crippen LogP contribution is -2.49. The largest absolute Gasteiger partial charge is 0.496 e. The Morgan fingerprint density at radius 1 is 1.04 bits per heavy atom. The summed E-state index contributed by atoms with van der Waals surface area (Å²) in [6.45, 7) is 3.50. The van der Waals surface area contributed by atoms with Crippen molar-refractivity contribution in [3.63, 3.8) is 0 Å². The fourth-order valence-corrected chi connectivity index (χ4v) is 2.83. The van der Waals surface area contributed by atoms with Gasteiger partial charge < -0.3 is 14.8 Å². The number of alkyl halides is 3. The molecule has 0 spiro atoms. The highest BCUT2D eigenvalue weighted by Gasteiger charge is 2.47. The van der Waals surface area contributed by atoms with E-state index in [-0.39, 0.29) is 41.9 Å². The summed E-state index contributed by atoms with van der Waals surface area (Å²) in [6.07, 6.45) is -4.41. The molecule has 0 saturated carbocycles. The molecule has 0 amide bonds. The van der Waals surface area contributed by atoms with Gasteiger partial charge in [-0.3, -0.25) is 4.90 Å². The van der Waals surface area contributed by atoms with Crippen LogP contribution in [0, 0.1) is 6.92 Å². The van der Waals surface area contributed by atoms with Crippen LogP contribution in [0.25, 0.3) is 0 Å². The summed E-state index contributed by atoms with van der Waals surface area (Å²) < 4.78 is 51.7. The highest BCUT2D eigenvalue weighted by atomic mass is 35.5. The molecule has 1 heterocycles. The number of hydrogen-bond acceptors (Lipinski definition) is 4. The van der Waals surface area contributed by atoms with Gasteiger partial charge in [0, 0.05) is 26.2 Å². The smallest absolute Gasteiger partial charge is 0.408 e. The Hall–Kier alpha value is -0.890. The van der Waals surface area contributed by atoms with Gasteiger partial charge in [0.05, 0.1) is 19.8 Å². The topological polar surface area (TPSA) is 33.7 Å². The average Bonchev–Trinajstić information content (AvgIpc) is 2.48. The molecule has 4 nitrogen and oxygen atoms in total. The monoisotopic (exact) mass is 390 g/mol. The molecule has 1 saturated heterocycles. The highest BCUT2D eigenvalue weighted by molar-refractivity contribution is 5.85. The molecular weight excluding hydrogens is 368 g/mol. The van der Waals surface area contributed by atoms with Gasteiger partial charge in [-0.05, 0) is 24.6 Å². The summed E-state index contributed by atoms with van der Waals surface area (Å²) in [5, 5.41) is 3.07. The van der Waals surface area contributed by atoms with E-state index in [1.165, 1.54) is 19.1 Å². The first kappa shape index (κ1) is 23.1. The third-order valence-corrected chi connectivity index (χ3v) is 3.79. The first-order valence-corrected chi connectivity index (χ1v) is 7.12. The zero-order chi connectivity index (χ0) is 16.3. The number of rotatable bonds is 4. The first-order chi connectivity index (χ1) is 10.4. The summed E-state index contributed by atoms with van der Waals surface area (Å²) in [7, 11) is 2.76. The SMILES string of the molecule is COc1cc(C)cc(OC)c1[C@@H](N1CCNCC1)C(F)(F)F.Cl.Cl. The van der Waals surface area contributed by atoms with Crippen molar-refractivity contribution in [3.05, 3.63) is 23.3 Å². The van der Waals surface area contributed by atoms with E-state index in [9.17, 15) is 13.2 Å². The predicted molar refractivity (Wildman–Crippen MR) is 92.0 cm³/mol. The van der Waals surface area contributed by atoms with Gasteiger partial charge in [-0.25, -0.2) is 0 Å². The van der Waals surface area contributed by atoms with Crippen LogP contribution in [-0.2, 0) is 0 Å². The Kier molecular flexibility index (Phi) is 9.20. The van der Waals surface area contributed by atoms with Crippen molar-refractivity contribution >= 4 is 24.8 Å². The Labute approximate surface area is 152 Å². The minimum absolute atomic E-state index is 0. The molecule has 140 valence electrons. The molecule has 0 unspecified atom stereocenters. The van der Waals surface area contributed by atoms with Gasteiger partial charge >= 0.3 is 6.18 Å². The third kappa shape index (κ3) is 5.05. The van der Waals surface area contributed by atoms with Gasteiger partial charge in [0.2, 0.25) is 0 Å². The third-order valence-electron chi connectivity index (χ3n) is 3.79. The number of piperazine rings is 1. The number of halogens is 5. The molecule has 1 aliphatic rings. The average molecular weight is 391 g/mol. The molecule has 1 aromatic carbocycles. The van der Waals surface area contributed by atoms with E-state index in [1.807, 2.05) is 0 Å². The number of hydrogen-bond donors (Lipinski definition) is 1. The molecule has 2 rings (SSSR count). The maximum absolute atomic E-state index is 13.8. The van der Waals surface area contributed by atoms with Crippen LogP contribution in [0.4, 0.5) is 13.2 Å². The second-order valence-corrected chi connectivity index (χ2v) is 5.31. The quantitative estimate of drug-likeness (QED) is 0.854. The number of benzene rings is 1. The van der Waals surface area contributed by atoms with Crippen molar-refractivity contribution < 1.29 is 22.6 Å². The Morgan fingerprint density at radius 3 is 1.88 bits per heavy atom. The van der Waals surface area contributed by atoms with E-state index < -0.39 is 12.2 Å². The molecule has 0 radical (unpaired) electrons. The number of aryl methyl sites for hydroxylation is 1. The van der Waals surface area contributed by atoms with Crippen LogP contribution < -0.4 is 14.8 Å². The van der Waals surface area contributed by atoms with E-state index in [0.29, 0.717) is 26.2 Å². The maximum Gasteiger partial charge on any atom is 0.408 e. The van der Waals surface area contributed by atoms with E-state index in [2.05, 4.69) is 5.32 Å². The second-order valence-electron chi connectivity index (χ2n) is 5.31. The van der Waals surface area contributed by atoms with E-state index >= 15 is 0 Å². The number of nitrogens with one attached hydrogen (secondary N) is 1. The molecule has 1 atom stereocenters. The zero-order valence-electron chi connectivity index (χ0n) is 13.8. The van der Waals surface area contributed by atoms with Crippen LogP contribution in [0.1, 0.15) is 17.2 Å². The van der Waals surface area contributed by atoms with Crippen LogP contribution in [0.15, 0.2) is 12.1 Å². The second kappa shape index (κ2) is 9.56. The van der Waals surface area contributed by atoms with Gasteiger partial charge in [-0.15, -0.1) is 24.8 Å². The van der Waals surface area contributed by atoms with E-state index in [4.69, 9.17) is 9.47 Å². The van der Waals surface area contributed by atoms with Gasteiger partial charge in [0.1, 0.15) is 17.5 Å². The normalized spacial score (nSPS) is 16.6. The van der Waals surface area contributed by atoms with Gasteiger partial charge in [-0.2, -0.15) is 13.2 Å². The van der Waals surface area contributed by atoms with Crippen LogP contribution in [0.3, 0.4) is 0 Å². The highest BCUT2D eigenvalue weighted by Crippen LogP contribution is 2.46. The fraction of sp³-hybridized carbons (Fsp3) is 0.600. The molecule has 1 aromatic rings. The molecular formula is C15H23Cl2F3N2O2. The van der Waals surface area contributed by atoms with E-state index in [0.717, 1.165) is 5.56 Å². The molecule has 24 heavy (non-hydrogen) atoms. The summed E-state index contributed by atoms with van der Waals surface area (Å²) >= 11 is 0. The minimum Gasteiger partial charge on any atom is -0.496 e. The number of nitrogens with zero attached hydrogens (tertiary/aromatic N) is 1. The molecule has 0 bridgehead atoms. The van der Waals surface area contributed by atoms with Crippen molar-refractivity contribution in [1.82, 2.24) is 10.2 Å². The molecule has 9 heteroatoms. The molecule has 1 aliphatic heterocycles. The van der Waals surface area contributed by atoms with Gasteiger partial charge in [0.25, 0.3) is 0 Å². The summed E-state index contributed by atoms with van der Waals surface area (Å²) in [6, 6.07) is 1.48. The summed E-state index contributed by atoms with van der Waals surface area (Å²) in [5.41, 5.74) is 0.837. The van der Waals surface area contributed by atoms with Crippen molar-refractivity contribution in [2.24, 2.45) is 0 Å². The van der Waals surface area contributed by atoms with Crippen LogP contribution in [0.5, 0.6) is 11.5 Å². The lowest BCUT2D eigenvalue weighted by molar-refractivity contribution is -0.188. The molecule has 1 fully saturated rings. The van der Waals surface area contributed by atoms with Gasteiger partial charge in [0.15, 0.2) is 0 Å². The lowest BCUT2D eigenvalue weighted by atomic mass is 9.99. The Balaban J connectivity index is 0.00000264. The molecule has 0 aromatic heterocycles. The first-order valence-electron chi connectivity index (χ1n) is 7.12. The fourth-order valence-electron chi connectivity index (χ4n) is 2.83. The predicted octanol–water partition coefficient (Wildman–Crippen LogP) is 3.36. The Morgan fingerprint density at radius 2 is 1.50 bits per heavy atom. The van der Waals surface area contributed by atoms with Crippen molar-refractivity contribution in [2.75, 3.05) is 40.4 Å². The minimum atomic E-state index is -4.41. The number of methoxy groups -OCH3 is 2.